The fourth-order valence-corrected chi connectivity index (χ4v) is 3.98. The van der Waals surface area contributed by atoms with Crippen LogP contribution in [-0.4, -0.2) is 55.8 Å². The predicted molar refractivity (Wildman–Crippen MR) is 122 cm³/mol. The SMILES string of the molecule is CS(=O)(=O)Nc1ccc(Nc2cc(-c3cccc(CN4CCOCC4)c3)ncn2)cc1. The summed E-state index contributed by atoms with van der Waals surface area (Å²) in [7, 11) is -3.30. The standard InChI is InChI=1S/C22H25N5O3S/c1-31(28,29)26-20-7-5-19(6-8-20)25-22-14-21(23-16-24-22)18-4-2-3-17(13-18)15-27-9-11-30-12-10-27/h2-8,13-14,16,26H,9-12,15H2,1H3,(H,23,24,25). The molecule has 0 amide bonds. The van der Waals surface area contributed by atoms with Gasteiger partial charge in [-0.05, 0) is 35.9 Å². The van der Waals surface area contributed by atoms with Gasteiger partial charge in [-0.3, -0.25) is 9.62 Å². The number of nitrogens with zero attached hydrogens (tertiary/aromatic N) is 3. The minimum atomic E-state index is -3.30. The van der Waals surface area contributed by atoms with E-state index in [1.54, 1.807) is 24.3 Å². The summed E-state index contributed by atoms with van der Waals surface area (Å²) in [5.74, 6) is 0.660. The Kier molecular flexibility index (Phi) is 6.45. The Hall–Kier alpha value is -3.01. The molecule has 1 aliphatic heterocycles. The number of sulfonamides is 1. The van der Waals surface area contributed by atoms with Crippen LogP contribution >= 0.6 is 0 Å². The lowest BCUT2D eigenvalue weighted by Gasteiger charge is -2.26. The molecular weight excluding hydrogens is 414 g/mol. The first-order chi connectivity index (χ1) is 14.9. The topological polar surface area (TPSA) is 96.5 Å². The Morgan fingerprint density at radius 1 is 1.00 bits per heavy atom. The van der Waals surface area contributed by atoms with Gasteiger partial charge in [0.2, 0.25) is 10.0 Å². The highest BCUT2D eigenvalue weighted by molar-refractivity contribution is 7.92. The number of nitrogens with one attached hydrogen (secondary N) is 2. The summed E-state index contributed by atoms with van der Waals surface area (Å²) >= 11 is 0. The van der Waals surface area contributed by atoms with E-state index < -0.39 is 10.0 Å². The van der Waals surface area contributed by atoms with Gasteiger partial charge in [-0.2, -0.15) is 0 Å². The second kappa shape index (κ2) is 9.42. The van der Waals surface area contributed by atoms with E-state index in [9.17, 15) is 8.42 Å². The van der Waals surface area contributed by atoms with Crippen molar-refractivity contribution in [2.45, 2.75) is 6.54 Å². The summed E-state index contributed by atoms with van der Waals surface area (Å²) in [5, 5.41) is 3.23. The second-order valence-electron chi connectivity index (χ2n) is 7.45. The molecule has 1 aliphatic rings. The van der Waals surface area contributed by atoms with Gasteiger partial charge in [-0.15, -0.1) is 0 Å². The zero-order valence-electron chi connectivity index (χ0n) is 17.3. The smallest absolute Gasteiger partial charge is 0.229 e. The van der Waals surface area contributed by atoms with E-state index in [2.05, 4.69) is 37.0 Å². The Morgan fingerprint density at radius 3 is 2.48 bits per heavy atom. The minimum Gasteiger partial charge on any atom is -0.379 e. The first kappa shape index (κ1) is 21.2. The van der Waals surface area contributed by atoms with E-state index in [4.69, 9.17) is 4.74 Å². The van der Waals surface area contributed by atoms with Crippen LogP contribution < -0.4 is 10.0 Å². The summed E-state index contributed by atoms with van der Waals surface area (Å²) in [4.78, 5) is 11.1. The molecule has 4 rings (SSSR count). The Bertz CT molecular complexity index is 1130. The van der Waals surface area contributed by atoms with E-state index in [0.717, 1.165) is 56.0 Å². The molecule has 0 bridgehead atoms. The number of hydrogen-bond acceptors (Lipinski definition) is 7. The predicted octanol–water partition coefficient (Wildman–Crippen LogP) is 3.09. The third-order valence-corrected chi connectivity index (χ3v) is 5.47. The summed E-state index contributed by atoms with van der Waals surface area (Å²) in [6.45, 7) is 4.35. The zero-order valence-corrected chi connectivity index (χ0v) is 18.1. The van der Waals surface area contributed by atoms with Crippen molar-refractivity contribution in [3.63, 3.8) is 0 Å². The lowest BCUT2D eigenvalue weighted by atomic mass is 10.1. The Balaban J connectivity index is 1.46. The molecule has 3 aromatic rings. The maximum Gasteiger partial charge on any atom is 0.229 e. The number of aromatic nitrogens is 2. The molecule has 9 heteroatoms. The van der Waals surface area contributed by atoms with Gasteiger partial charge >= 0.3 is 0 Å². The fraction of sp³-hybridized carbons (Fsp3) is 0.273. The first-order valence-corrected chi connectivity index (χ1v) is 11.9. The molecule has 0 unspecified atom stereocenters. The molecule has 2 heterocycles. The van der Waals surface area contributed by atoms with Gasteiger partial charge in [-0.1, -0.05) is 18.2 Å². The van der Waals surface area contributed by atoms with Gasteiger partial charge in [-0.25, -0.2) is 18.4 Å². The number of morpholine rings is 1. The van der Waals surface area contributed by atoms with Crippen LogP contribution in [0.3, 0.4) is 0 Å². The van der Waals surface area contributed by atoms with Crippen LogP contribution in [0.15, 0.2) is 60.9 Å². The second-order valence-corrected chi connectivity index (χ2v) is 9.20. The third-order valence-electron chi connectivity index (χ3n) is 4.86. The normalized spacial score (nSPS) is 14.9. The summed E-state index contributed by atoms with van der Waals surface area (Å²) in [6, 6.07) is 17.3. The van der Waals surface area contributed by atoms with Gasteiger partial charge in [0.05, 0.1) is 25.2 Å². The monoisotopic (exact) mass is 439 g/mol. The van der Waals surface area contributed by atoms with Crippen molar-refractivity contribution in [3.8, 4) is 11.3 Å². The molecule has 162 valence electrons. The molecule has 2 aromatic carbocycles. The van der Waals surface area contributed by atoms with Crippen LogP contribution in [0.5, 0.6) is 0 Å². The maximum absolute atomic E-state index is 11.3. The molecule has 0 aliphatic carbocycles. The van der Waals surface area contributed by atoms with Gasteiger partial charge in [0.15, 0.2) is 0 Å². The van der Waals surface area contributed by atoms with Crippen LogP contribution in [0.4, 0.5) is 17.2 Å². The molecule has 2 N–H and O–H groups in total. The quantitative estimate of drug-likeness (QED) is 0.584. The van der Waals surface area contributed by atoms with E-state index in [1.807, 2.05) is 18.2 Å². The molecule has 1 saturated heterocycles. The van der Waals surface area contributed by atoms with Crippen molar-refractivity contribution in [2.75, 3.05) is 42.6 Å². The zero-order chi connectivity index (χ0) is 21.7. The first-order valence-electron chi connectivity index (χ1n) is 10.0. The number of hydrogen-bond donors (Lipinski definition) is 2. The molecule has 0 atom stereocenters. The average molecular weight is 440 g/mol. The summed E-state index contributed by atoms with van der Waals surface area (Å²) in [6.07, 6.45) is 2.66. The Labute approximate surface area is 182 Å². The number of rotatable bonds is 7. The van der Waals surface area contributed by atoms with Gasteiger partial charge in [0.25, 0.3) is 0 Å². The van der Waals surface area contributed by atoms with Crippen molar-refractivity contribution in [2.24, 2.45) is 0 Å². The van der Waals surface area contributed by atoms with Crippen molar-refractivity contribution < 1.29 is 13.2 Å². The molecule has 31 heavy (non-hydrogen) atoms. The highest BCUT2D eigenvalue weighted by atomic mass is 32.2. The van der Waals surface area contributed by atoms with Crippen molar-refractivity contribution in [3.05, 3.63) is 66.5 Å². The van der Waals surface area contributed by atoms with E-state index in [-0.39, 0.29) is 0 Å². The van der Waals surface area contributed by atoms with Gasteiger partial charge < -0.3 is 10.1 Å². The van der Waals surface area contributed by atoms with Crippen LogP contribution in [0, 0.1) is 0 Å². The van der Waals surface area contributed by atoms with Crippen molar-refractivity contribution in [1.82, 2.24) is 14.9 Å². The molecule has 1 fully saturated rings. The molecule has 8 nitrogen and oxygen atoms in total. The highest BCUT2D eigenvalue weighted by Gasteiger charge is 2.11. The van der Waals surface area contributed by atoms with Crippen LogP contribution in [-0.2, 0) is 21.3 Å². The fourth-order valence-electron chi connectivity index (χ4n) is 3.41. The number of ether oxygens (including phenoxy) is 1. The van der Waals surface area contributed by atoms with Crippen molar-refractivity contribution >= 4 is 27.2 Å². The van der Waals surface area contributed by atoms with Crippen LogP contribution in [0.2, 0.25) is 0 Å². The minimum absolute atomic E-state index is 0.508. The summed E-state index contributed by atoms with van der Waals surface area (Å²) < 4.78 is 30.5. The third kappa shape index (κ3) is 6.24. The number of anilines is 3. The van der Waals surface area contributed by atoms with E-state index in [0.29, 0.717) is 11.5 Å². The lowest BCUT2D eigenvalue weighted by Crippen LogP contribution is -2.35. The number of benzene rings is 2. The van der Waals surface area contributed by atoms with Crippen molar-refractivity contribution in [1.29, 1.82) is 0 Å². The van der Waals surface area contributed by atoms with Crippen LogP contribution in [0.25, 0.3) is 11.3 Å². The van der Waals surface area contributed by atoms with E-state index >= 15 is 0 Å². The summed E-state index contributed by atoms with van der Waals surface area (Å²) in [5.41, 5.74) is 4.40. The molecule has 0 spiro atoms. The van der Waals surface area contributed by atoms with Gasteiger partial charge in [0, 0.05) is 42.6 Å². The van der Waals surface area contributed by atoms with E-state index in [1.165, 1.54) is 11.9 Å². The lowest BCUT2D eigenvalue weighted by molar-refractivity contribution is 0.0342. The molecular formula is C22H25N5O3S. The maximum atomic E-state index is 11.3. The van der Waals surface area contributed by atoms with Crippen LogP contribution in [0.1, 0.15) is 5.56 Å². The van der Waals surface area contributed by atoms with Gasteiger partial charge in [0.1, 0.15) is 12.1 Å². The highest BCUT2D eigenvalue weighted by Crippen LogP contribution is 2.23. The molecule has 0 radical (unpaired) electrons. The Morgan fingerprint density at radius 2 is 1.74 bits per heavy atom. The largest absolute Gasteiger partial charge is 0.379 e. The average Bonchev–Trinajstić information content (AvgIpc) is 2.75. The molecule has 0 saturated carbocycles. The molecule has 1 aromatic heterocycles.